The van der Waals surface area contributed by atoms with E-state index in [0.717, 1.165) is 30.4 Å². The van der Waals surface area contributed by atoms with E-state index < -0.39 is 10.8 Å². The van der Waals surface area contributed by atoms with Crippen molar-refractivity contribution < 1.29 is 4.21 Å². The minimum Gasteiger partial charge on any atom is -0.357 e. The number of aliphatic imine (C=N–C) groups is 1. The smallest absolute Gasteiger partial charge is 0.193 e. The number of thiophene rings is 1. The molecule has 1 heterocycles. The number of hydrogen-bond acceptors (Lipinski definition) is 3. The standard InChI is InChI=1S/C18H25N3OS2.HI/c1-3-19-18(21(2)13-11-16-8-7-14-23-16)20-12-15-24(22)17-9-5-4-6-10-17;/h4-10,14H,3,11-13,15H2,1-2H3,(H,19,20);1H. The van der Waals surface area contributed by atoms with Gasteiger partial charge in [0.1, 0.15) is 0 Å². The second kappa shape index (κ2) is 12.4. The van der Waals surface area contributed by atoms with Gasteiger partial charge in [0.05, 0.1) is 17.3 Å². The molecule has 138 valence electrons. The van der Waals surface area contributed by atoms with Crippen LogP contribution in [0.2, 0.25) is 0 Å². The zero-order chi connectivity index (χ0) is 17.2. The molecule has 0 amide bonds. The van der Waals surface area contributed by atoms with Crippen LogP contribution < -0.4 is 5.32 Å². The zero-order valence-electron chi connectivity index (χ0n) is 14.7. The number of nitrogens with one attached hydrogen (secondary N) is 1. The van der Waals surface area contributed by atoms with E-state index in [1.807, 2.05) is 37.4 Å². The summed E-state index contributed by atoms with van der Waals surface area (Å²) < 4.78 is 12.2. The van der Waals surface area contributed by atoms with E-state index >= 15 is 0 Å². The molecule has 4 nitrogen and oxygen atoms in total. The summed E-state index contributed by atoms with van der Waals surface area (Å²) in [5.41, 5.74) is 0. The van der Waals surface area contributed by atoms with Crippen LogP contribution in [0.15, 0.2) is 57.7 Å². The van der Waals surface area contributed by atoms with Crippen LogP contribution in [0.25, 0.3) is 0 Å². The van der Waals surface area contributed by atoms with Gasteiger partial charge in [-0.05, 0) is 36.9 Å². The first-order valence-corrected chi connectivity index (χ1v) is 10.4. The third-order valence-corrected chi connectivity index (χ3v) is 5.80. The van der Waals surface area contributed by atoms with Crippen LogP contribution in [-0.2, 0) is 17.2 Å². The Morgan fingerprint density at radius 2 is 2.00 bits per heavy atom. The largest absolute Gasteiger partial charge is 0.357 e. The van der Waals surface area contributed by atoms with Crippen molar-refractivity contribution in [3.63, 3.8) is 0 Å². The van der Waals surface area contributed by atoms with Crippen LogP contribution in [0, 0.1) is 0 Å². The van der Waals surface area contributed by atoms with E-state index in [4.69, 9.17) is 0 Å². The van der Waals surface area contributed by atoms with Crippen molar-refractivity contribution in [1.82, 2.24) is 10.2 Å². The topological polar surface area (TPSA) is 44.7 Å². The highest BCUT2D eigenvalue weighted by atomic mass is 127. The Balaban J connectivity index is 0.00000312. The highest BCUT2D eigenvalue weighted by Gasteiger charge is 2.07. The second-order valence-corrected chi connectivity index (χ2v) is 7.95. The van der Waals surface area contributed by atoms with Crippen LogP contribution in [-0.4, -0.2) is 47.5 Å². The molecule has 1 aromatic heterocycles. The highest BCUT2D eigenvalue weighted by molar-refractivity contribution is 14.0. The number of rotatable bonds is 8. The highest BCUT2D eigenvalue weighted by Crippen LogP contribution is 2.09. The molecule has 1 unspecified atom stereocenters. The Kier molecular flexibility index (Phi) is 11.0. The van der Waals surface area contributed by atoms with Crippen LogP contribution in [0.4, 0.5) is 0 Å². The summed E-state index contributed by atoms with van der Waals surface area (Å²) in [4.78, 5) is 9.00. The summed E-state index contributed by atoms with van der Waals surface area (Å²) in [6.45, 7) is 4.34. The first kappa shape index (κ1) is 22.1. The molecule has 2 aromatic rings. The van der Waals surface area contributed by atoms with Crippen LogP contribution in [0.5, 0.6) is 0 Å². The summed E-state index contributed by atoms with van der Waals surface area (Å²) in [5.74, 6) is 1.41. The van der Waals surface area contributed by atoms with Crippen molar-refractivity contribution in [3.8, 4) is 0 Å². The fourth-order valence-electron chi connectivity index (χ4n) is 2.23. The van der Waals surface area contributed by atoms with Gasteiger partial charge in [0.2, 0.25) is 0 Å². The van der Waals surface area contributed by atoms with E-state index in [1.54, 1.807) is 11.3 Å². The van der Waals surface area contributed by atoms with Gasteiger partial charge in [-0.2, -0.15) is 0 Å². The molecule has 1 aromatic carbocycles. The Labute approximate surface area is 174 Å². The van der Waals surface area contributed by atoms with Gasteiger partial charge < -0.3 is 10.2 Å². The molecule has 0 aliphatic heterocycles. The molecule has 1 N–H and O–H groups in total. The Bertz CT molecular complexity index is 648. The van der Waals surface area contributed by atoms with E-state index in [2.05, 4.69) is 39.6 Å². The fraction of sp³-hybridized carbons (Fsp3) is 0.389. The maximum atomic E-state index is 12.2. The van der Waals surface area contributed by atoms with E-state index in [0.29, 0.717) is 12.3 Å². The lowest BCUT2D eigenvalue weighted by Gasteiger charge is -2.21. The molecule has 0 bridgehead atoms. The molecular weight excluding hydrogens is 465 g/mol. The van der Waals surface area contributed by atoms with Crippen molar-refractivity contribution in [1.29, 1.82) is 0 Å². The molecule has 0 radical (unpaired) electrons. The number of likely N-dealkylation sites (N-methyl/N-ethyl adjacent to an activating group) is 1. The fourth-order valence-corrected chi connectivity index (χ4v) is 3.88. The van der Waals surface area contributed by atoms with E-state index in [1.165, 1.54) is 4.88 Å². The van der Waals surface area contributed by atoms with Gasteiger partial charge in [-0.3, -0.25) is 9.20 Å². The van der Waals surface area contributed by atoms with Gasteiger partial charge in [-0.25, -0.2) is 0 Å². The lowest BCUT2D eigenvalue weighted by Crippen LogP contribution is -2.40. The van der Waals surface area contributed by atoms with Crippen molar-refractivity contribution in [3.05, 3.63) is 52.7 Å². The van der Waals surface area contributed by atoms with Gasteiger partial charge >= 0.3 is 0 Å². The normalized spacial score (nSPS) is 12.3. The summed E-state index contributed by atoms with van der Waals surface area (Å²) in [6.07, 6.45) is 1.01. The summed E-state index contributed by atoms with van der Waals surface area (Å²) in [6, 6.07) is 13.8. The predicted octanol–water partition coefficient (Wildman–Crippen LogP) is 3.61. The molecule has 1 atom stereocenters. The molecule has 25 heavy (non-hydrogen) atoms. The van der Waals surface area contributed by atoms with E-state index in [-0.39, 0.29) is 24.0 Å². The Hall–Kier alpha value is -0.930. The zero-order valence-corrected chi connectivity index (χ0v) is 18.6. The average molecular weight is 491 g/mol. The number of nitrogens with zero attached hydrogens (tertiary/aromatic N) is 2. The van der Waals surface area contributed by atoms with Gasteiger partial charge in [0.15, 0.2) is 5.96 Å². The summed E-state index contributed by atoms with van der Waals surface area (Å²) in [7, 11) is 1.05. The van der Waals surface area contributed by atoms with Crippen molar-refractivity contribution in [2.45, 2.75) is 18.2 Å². The number of halogens is 1. The second-order valence-electron chi connectivity index (χ2n) is 5.35. The van der Waals surface area contributed by atoms with Gasteiger partial charge in [-0.15, -0.1) is 35.3 Å². The Morgan fingerprint density at radius 1 is 1.24 bits per heavy atom. The first-order valence-electron chi connectivity index (χ1n) is 8.16. The molecule has 2 rings (SSSR count). The van der Waals surface area contributed by atoms with Crippen LogP contribution in [0.1, 0.15) is 11.8 Å². The van der Waals surface area contributed by atoms with Gasteiger partial charge in [0.25, 0.3) is 0 Å². The molecule has 0 fully saturated rings. The lowest BCUT2D eigenvalue weighted by molar-refractivity contribution is 0.487. The number of guanidine groups is 1. The summed E-state index contributed by atoms with van der Waals surface area (Å²) >= 11 is 1.78. The molecule has 0 aliphatic carbocycles. The molecule has 0 aliphatic rings. The molecule has 0 spiro atoms. The average Bonchev–Trinajstić information content (AvgIpc) is 3.13. The van der Waals surface area contributed by atoms with Gasteiger partial charge in [0, 0.05) is 35.7 Å². The molecule has 0 saturated heterocycles. The SMILES string of the molecule is CCNC(=NCCS(=O)c1ccccc1)N(C)CCc1cccs1.I. The third-order valence-electron chi connectivity index (χ3n) is 3.51. The molecule has 0 saturated carbocycles. The van der Waals surface area contributed by atoms with Crippen molar-refractivity contribution >= 4 is 52.1 Å². The van der Waals surface area contributed by atoms with Crippen LogP contribution >= 0.6 is 35.3 Å². The Morgan fingerprint density at radius 3 is 2.64 bits per heavy atom. The van der Waals surface area contributed by atoms with E-state index in [9.17, 15) is 4.21 Å². The lowest BCUT2D eigenvalue weighted by atomic mass is 10.3. The quantitative estimate of drug-likeness (QED) is 0.349. The van der Waals surface area contributed by atoms with Crippen molar-refractivity contribution in [2.75, 3.05) is 32.4 Å². The van der Waals surface area contributed by atoms with Crippen molar-refractivity contribution in [2.24, 2.45) is 4.99 Å². The predicted molar refractivity (Wildman–Crippen MR) is 120 cm³/mol. The first-order chi connectivity index (χ1) is 11.7. The molecular formula is C18H26IN3OS2. The van der Waals surface area contributed by atoms with Gasteiger partial charge in [-0.1, -0.05) is 24.3 Å². The van der Waals surface area contributed by atoms with Crippen LogP contribution in [0.3, 0.4) is 0 Å². The minimum atomic E-state index is -0.997. The summed E-state index contributed by atoms with van der Waals surface area (Å²) in [5, 5.41) is 5.41. The molecule has 7 heteroatoms. The maximum absolute atomic E-state index is 12.2. The minimum absolute atomic E-state index is 0. The number of benzene rings is 1. The monoisotopic (exact) mass is 491 g/mol. The number of hydrogen-bond donors (Lipinski definition) is 1. The third kappa shape index (κ3) is 7.87. The maximum Gasteiger partial charge on any atom is 0.193 e.